The molecule has 0 unspecified atom stereocenters. The van der Waals surface area contributed by atoms with E-state index in [0.717, 1.165) is 8.04 Å². The zero-order chi connectivity index (χ0) is 13.1. The molecule has 0 spiro atoms. The summed E-state index contributed by atoms with van der Waals surface area (Å²) >= 11 is 5.60. The number of benzene rings is 2. The number of rotatable bonds is 3. The maximum absolute atomic E-state index is 12.4. The lowest BCUT2D eigenvalue weighted by Gasteiger charge is -2.06. The highest BCUT2D eigenvalue weighted by Crippen LogP contribution is 2.23. The number of carbonyl (C=O) groups is 1. The maximum atomic E-state index is 12.4. The summed E-state index contributed by atoms with van der Waals surface area (Å²) in [5.41, 5.74) is 1.28. The van der Waals surface area contributed by atoms with Crippen LogP contribution in [-0.4, -0.2) is 12.9 Å². The Balaban J connectivity index is 2.44. The Morgan fingerprint density at radius 1 is 1.22 bits per heavy atom. The van der Waals surface area contributed by atoms with Crippen LogP contribution in [0.2, 0.25) is 0 Å². The van der Waals surface area contributed by atoms with Crippen LogP contribution in [0.15, 0.2) is 46.9 Å². The highest BCUT2D eigenvalue weighted by Gasteiger charge is 2.13. The smallest absolute Gasteiger partial charge is 0.194 e. The van der Waals surface area contributed by atoms with E-state index in [2.05, 4.69) is 38.5 Å². The molecule has 2 aromatic carbocycles. The molecule has 2 aromatic rings. The van der Waals surface area contributed by atoms with Gasteiger partial charge < -0.3 is 4.74 Å². The summed E-state index contributed by atoms with van der Waals surface area (Å²) in [5, 5.41) is 0. The fourth-order valence-electron chi connectivity index (χ4n) is 1.59. The number of halogens is 2. The average Bonchev–Trinajstić information content (AvgIpc) is 2.41. The molecule has 0 N–H and O–H groups in total. The predicted molar refractivity (Wildman–Crippen MR) is 83.3 cm³/mol. The van der Waals surface area contributed by atoms with Crippen LogP contribution in [-0.2, 0) is 0 Å². The van der Waals surface area contributed by atoms with Gasteiger partial charge in [-0.3, -0.25) is 4.79 Å². The van der Waals surface area contributed by atoms with Crippen LogP contribution in [0.25, 0.3) is 0 Å². The molecule has 0 aliphatic rings. The topological polar surface area (TPSA) is 26.3 Å². The van der Waals surface area contributed by atoms with Gasteiger partial charge in [-0.25, -0.2) is 0 Å². The normalized spacial score (nSPS) is 10.2. The van der Waals surface area contributed by atoms with E-state index in [4.69, 9.17) is 4.74 Å². The number of hydrogen-bond acceptors (Lipinski definition) is 2. The van der Waals surface area contributed by atoms with Gasteiger partial charge in [0.2, 0.25) is 0 Å². The van der Waals surface area contributed by atoms with Crippen molar-refractivity contribution in [3.05, 3.63) is 61.6 Å². The summed E-state index contributed by atoms with van der Waals surface area (Å²) in [5.74, 6) is 0.668. The third-order valence-corrected chi connectivity index (χ3v) is 3.87. The summed E-state index contributed by atoms with van der Waals surface area (Å²) in [7, 11) is 1.59. The lowest BCUT2D eigenvalue weighted by molar-refractivity contribution is 0.103. The Morgan fingerprint density at radius 2 is 2.00 bits per heavy atom. The maximum Gasteiger partial charge on any atom is 0.194 e. The van der Waals surface area contributed by atoms with Gasteiger partial charge in [0.05, 0.1) is 7.11 Å². The zero-order valence-corrected chi connectivity index (χ0v) is 13.4. The van der Waals surface area contributed by atoms with Crippen molar-refractivity contribution in [1.82, 2.24) is 0 Å². The molecule has 92 valence electrons. The third-order valence-electron chi connectivity index (χ3n) is 2.50. The van der Waals surface area contributed by atoms with Gasteiger partial charge in [-0.1, -0.05) is 28.1 Å². The SMILES string of the molecule is COc1cccc(C(=O)c2cc(I)ccc2Br)c1. The molecule has 0 fully saturated rings. The highest BCUT2D eigenvalue weighted by molar-refractivity contribution is 14.1. The van der Waals surface area contributed by atoms with Crippen LogP contribution in [0, 0.1) is 3.57 Å². The Kier molecular flexibility index (Phi) is 4.40. The molecule has 2 nitrogen and oxygen atoms in total. The molecule has 0 amide bonds. The quantitative estimate of drug-likeness (QED) is 0.551. The monoisotopic (exact) mass is 416 g/mol. The van der Waals surface area contributed by atoms with Crippen LogP contribution in [0.5, 0.6) is 5.75 Å². The van der Waals surface area contributed by atoms with E-state index in [1.807, 2.05) is 30.3 Å². The summed E-state index contributed by atoms with van der Waals surface area (Å²) < 4.78 is 6.96. The second-order valence-corrected chi connectivity index (χ2v) is 5.79. The van der Waals surface area contributed by atoms with Crippen molar-refractivity contribution in [2.75, 3.05) is 7.11 Å². The number of ketones is 1. The van der Waals surface area contributed by atoms with Crippen molar-refractivity contribution in [3.63, 3.8) is 0 Å². The van der Waals surface area contributed by atoms with Crippen LogP contribution in [0.1, 0.15) is 15.9 Å². The van der Waals surface area contributed by atoms with Crippen LogP contribution >= 0.6 is 38.5 Å². The third kappa shape index (κ3) is 2.92. The first-order valence-corrected chi connectivity index (χ1v) is 7.13. The Hall–Kier alpha value is -0.880. The average molecular weight is 417 g/mol. The molecular formula is C14H10BrIO2. The summed E-state index contributed by atoms with van der Waals surface area (Å²) in [6.45, 7) is 0. The van der Waals surface area contributed by atoms with E-state index in [-0.39, 0.29) is 5.78 Å². The Labute approximate surface area is 128 Å². The minimum absolute atomic E-state index is 0.0145. The molecule has 0 aliphatic heterocycles. The van der Waals surface area contributed by atoms with Gasteiger partial charge in [-0.15, -0.1) is 0 Å². The van der Waals surface area contributed by atoms with Gasteiger partial charge in [0.25, 0.3) is 0 Å². The molecule has 0 aliphatic carbocycles. The van der Waals surface area contributed by atoms with E-state index in [0.29, 0.717) is 16.9 Å². The molecule has 0 bridgehead atoms. The van der Waals surface area contributed by atoms with Gasteiger partial charge in [-0.2, -0.15) is 0 Å². The van der Waals surface area contributed by atoms with Crippen molar-refractivity contribution in [1.29, 1.82) is 0 Å². The lowest BCUT2D eigenvalue weighted by atomic mass is 10.0. The first-order valence-electron chi connectivity index (χ1n) is 5.25. The minimum Gasteiger partial charge on any atom is -0.497 e. The molecule has 0 atom stereocenters. The van der Waals surface area contributed by atoms with E-state index < -0.39 is 0 Å². The first kappa shape index (κ1) is 13.5. The van der Waals surface area contributed by atoms with Gasteiger partial charge >= 0.3 is 0 Å². The second-order valence-electron chi connectivity index (χ2n) is 3.69. The van der Waals surface area contributed by atoms with Crippen LogP contribution in [0.4, 0.5) is 0 Å². The highest BCUT2D eigenvalue weighted by atomic mass is 127. The number of carbonyl (C=O) groups excluding carboxylic acids is 1. The Morgan fingerprint density at radius 3 is 2.72 bits per heavy atom. The molecule has 0 heterocycles. The number of methoxy groups -OCH3 is 1. The molecule has 0 saturated carbocycles. The van der Waals surface area contributed by atoms with E-state index >= 15 is 0 Å². The molecule has 18 heavy (non-hydrogen) atoms. The summed E-state index contributed by atoms with van der Waals surface area (Å²) in [4.78, 5) is 12.4. The number of ether oxygens (including phenoxy) is 1. The van der Waals surface area contributed by atoms with Gasteiger partial charge in [0.15, 0.2) is 5.78 Å². The van der Waals surface area contributed by atoms with E-state index in [1.54, 1.807) is 19.2 Å². The molecule has 2 rings (SSSR count). The van der Waals surface area contributed by atoms with Crippen molar-refractivity contribution in [2.24, 2.45) is 0 Å². The van der Waals surface area contributed by atoms with Gasteiger partial charge in [0, 0.05) is 19.2 Å². The van der Waals surface area contributed by atoms with Crippen LogP contribution in [0.3, 0.4) is 0 Å². The number of hydrogen-bond donors (Lipinski definition) is 0. The largest absolute Gasteiger partial charge is 0.497 e. The second kappa shape index (κ2) is 5.84. The zero-order valence-electron chi connectivity index (χ0n) is 9.61. The van der Waals surface area contributed by atoms with E-state index in [9.17, 15) is 4.79 Å². The first-order chi connectivity index (χ1) is 8.61. The van der Waals surface area contributed by atoms with E-state index in [1.165, 1.54) is 0 Å². The molecule has 0 saturated heterocycles. The van der Waals surface area contributed by atoms with Crippen molar-refractivity contribution >= 4 is 44.3 Å². The van der Waals surface area contributed by atoms with Crippen LogP contribution < -0.4 is 4.74 Å². The van der Waals surface area contributed by atoms with Crippen molar-refractivity contribution < 1.29 is 9.53 Å². The van der Waals surface area contributed by atoms with Gasteiger partial charge in [0.1, 0.15) is 5.75 Å². The minimum atomic E-state index is -0.0145. The predicted octanol–water partition coefficient (Wildman–Crippen LogP) is 4.29. The standard InChI is InChI=1S/C14H10BrIO2/c1-18-11-4-2-3-9(7-11)14(17)12-8-10(16)5-6-13(12)15/h2-8H,1H3. The fourth-order valence-corrected chi connectivity index (χ4v) is 2.51. The molecule has 4 heteroatoms. The summed E-state index contributed by atoms with van der Waals surface area (Å²) in [6, 6.07) is 12.9. The lowest BCUT2D eigenvalue weighted by Crippen LogP contribution is -2.03. The van der Waals surface area contributed by atoms with Crippen molar-refractivity contribution in [3.8, 4) is 5.75 Å². The molecule has 0 radical (unpaired) electrons. The van der Waals surface area contributed by atoms with Gasteiger partial charge in [-0.05, 0) is 52.9 Å². The summed E-state index contributed by atoms with van der Waals surface area (Å²) in [6.07, 6.45) is 0. The molecular weight excluding hydrogens is 407 g/mol. The fraction of sp³-hybridized carbons (Fsp3) is 0.0714. The molecule has 0 aromatic heterocycles. The van der Waals surface area contributed by atoms with Crippen molar-refractivity contribution in [2.45, 2.75) is 0 Å². The Bertz CT molecular complexity index is 596.